The lowest BCUT2D eigenvalue weighted by atomic mass is 10.2. The standard InChI is InChI=1S/C22H16ClN3O2/c1-15-25-21-8-3-2-7-20(21)22(27)26(15)24-14-16-5-4-6-19(13-16)28-18-11-9-17(23)10-12-18/h2-14H,1H3. The van der Waals surface area contributed by atoms with Gasteiger partial charge in [0.1, 0.15) is 17.3 Å². The van der Waals surface area contributed by atoms with Gasteiger partial charge in [-0.1, -0.05) is 35.9 Å². The van der Waals surface area contributed by atoms with E-state index < -0.39 is 0 Å². The Kier molecular flexibility index (Phi) is 4.91. The first-order valence-electron chi connectivity index (χ1n) is 8.66. The average molecular weight is 390 g/mol. The van der Waals surface area contributed by atoms with Crippen molar-refractivity contribution < 1.29 is 4.74 Å². The van der Waals surface area contributed by atoms with Crippen molar-refractivity contribution in [3.05, 3.63) is 99.6 Å². The predicted octanol–water partition coefficient (Wildman–Crippen LogP) is 5.03. The number of aryl methyl sites for hydroxylation is 1. The molecule has 4 aromatic rings. The summed E-state index contributed by atoms with van der Waals surface area (Å²) in [6.45, 7) is 1.76. The zero-order valence-corrected chi connectivity index (χ0v) is 15.8. The van der Waals surface area contributed by atoms with E-state index in [0.29, 0.717) is 33.2 Å². The van der Waals surface area contributed by atoms with Crippen LogP contribution in [0.2, 0.25) is 5.02 Å². The molecule has 6 heteroatoms. The first kappa shape index (κ1) is 17.9. The van der Waals surface area contributed by atoms with Gasteiger partial charge in [-0.3, -0.25) is 4.79 Å². The number of halogens is 1. The lowest BCUT2D eigenvalue weighted by molar-refractivity contribution is 0.482. The van der Waals surface area contributed by atoms with E-state index in [1.54, 1.807) is 43.5 Å². The minimum atomic E-state index is -0.201. The van der Waals surface area contributed by atoms with E-state index in [9.17, 15) is 4.79 Å². The van der Waals surface area contributed by atoms with Crippen LogP contribution in [0.25, 0.3) is 10.9 Å². The van der Waals surface area contributed by atoms with Crippen molar-refractivity contribution in [3.8, 4) is 11.5 Å². The van der Waals surface area contributed by atoms with Crippen molar-refractivity contribution in [2.45, 2.75) is 6.92 Å². The predicted molar refractivity (Wildman–Crippen MR) is 112 cm³/mol. The quantitative estimate of drug-likeness (QED) is 0.460. The van der Waals surface area contributed by atoms with Crippen LogP contribution >= 0.6 is 11.6 Å². The van der Waals surface area contributed by atoms with E-state index in [1.165, 1.54) is 4.68 Å². The molecule has 0 saturated heterocycles. The zero-order chi connectivity index (χ0) is 19.5. The Morgan fingerprint density at radius 3 is 2.61 bits per heavy atom. The van der Waals surface area contributed by atoms with E-state index in [1.807, 2.05) is 42.5 Å². The summed E-state index contributed by atoms with van der Waals surface area (Å²) in [6.07, 6.45) is 1.61. The molecule has 1 aromatic heterocycles. The summed E-state index contributed by atoms with van der Waals surface area (Å²) in [5.74, 6) is 1.87. The molecule has 0 aliphatic rings. The monoisotopic (exact) mass is 389 g/mol. The van der Waals surface area contributed by atoms with Gasteiger partial charge in [0.2, 0.25) is 0 Å². The van der Waals surface area contributed by atoms with Crippen LogP contribution in [-0.2, 0) is 0 Å². The van der Waals surface area contributed by atoms with Gasteiger partial charge in [0.25, 0.3) is 5.56 Å². The fraction of sp³-hybridized carbons (Fsp3) is 0.0455. The van der Waals surface area contributed by atoms with Crippen LogP contribution in [0.1, 0.15) is 11.4 Å². The lowest BCUT2D eigenvalue weighted by Crippen LogP contribution is -2.20. The van der Waals surface area contributed by atoms with Crippen molar-refractivity contribution in [3.63, 3.8) is 0 Å². The molecule has 0 bridgehead atoms. The maximum absolute atomic E-state index is 12.7. The summed E-state index contributed by atoms with van der Waals surface area (Å²) in [4.78, 5) is 17.1. The Balaban J connectivity index is 1.63. The van der Waals surface area contributed by atoms with Crippen LogP contribution in [0.4, 0.5) is 0 Å². The molecule has 0 fully saturated rings. The maximum Gasteiger partial charge on any atom is 0.282 e. The molecule has 0 aliphatic carbocycles. The molecule has 0 N–H and O–H groups in total. The number of fused-ring (bicyclic) bond motifs is 1. The van der Waals surface area contributed by atoms with E-state index in [2.05, 4.69) is 10.1 Å². The average Bonchev–Trinajstić information content (AvgIpc) is 2.70. The highest BCUT2D eigenvalue weighted by atomic mass is 35.5. The normalized spacial score (nSPS) is 11.2. The van der Waals surface area contributed by atoms with Gasteiger partial charge in [-0.2, -0.15) is 9.78 Å². The van der Waals surface area contributed by atoms with Crippen LogP contribution in [-0.4, -0.2) is 15.9 Å². The third kappa shape index (κ3) is 3.80. The minimum Gasteiger partial charge on any atom is -0.457 e. The van der Waals surface area contributed by atoms with Gasteiger partial charge in [-0.05, 0) is 61.0 Å². The van der Waals surface area contributed by atoms with Gasteiger partial charge >= 0.3 is 0 Å². The van der Waals surface area contributed by atoms with Crippen LogP contribution < -0.4 is 10.3 Å². The van der Waals surface area contributed by atoms with E-state index in [-0.39, 0.29) is 5.56 Å². The summed E-state index contributed by atoms with van der Waals surface area (Å²) in [6, 6.07) is 21.8. The molecular weight excluding hydrogens is 374 g/mol. The van der Waals surface area contributed by atoms with E-state index >= 15 is 0 Å². The summed E-state index contributed by atoms with van der Waals surface area (Å²) < 4.78 is 7.13. The van der Waals surface area contributed by atoms with Crippen LogP contribution in [0.5, 0.6) is 11.5 Å². The van der Waals surface area contributed by atoms with Crippen LogP contribution in [0.15, 0.2) is 82.7 Å². The molecular formula is C22H16ClN3O2. The molecule has 3 aromatic carbocycles. The molecule has 1 heterocycles. The highest BCUT2D eigenvalue weighted by Gasteiger charge is 2.06. The first-order valence-corrected chi connectivity index (χ1v) is 9.04. The number of hydrogen-bond donors (Lipinski definition) is 0. The number of benzene rings is 3. The van der Waals surface area contributed by atoms with E-state index in [4.69, 9.17) is 16.3 Å². The van der Waals surface area contributed by atoms with Gasteiger partial charge in [0, 0.05) is 5.02 Å². The highest BCUT2D eigenvalue weighted by molar-refractivity contribution is 6.30. The van der Waals surface area contributed by atoms with Gasteiger partial charge < -0.3 is 4.74 Å². The highest BCUT2D eigenvalue weighted by Crippen LogP contribution is 2.23. The fourth-order valence-electron chi connectivity index (χ4n) is 2.79. The van der Waals surface area contributed by atoms with Crippen molar-refractivity contribution in [2.24, 2.45) is 5.10 Å². The van der Waals surface area contributed by atoms with Crippen molar-refractivity contribution in [1.29, 1.82) is 0 Å². The molecule has 0 saturated carbocycles. The Bertz CT molecular complexity index is 1230. The SMILES string of the molecule is Cc1nc2ccccc2c(=O)n1N=Cc1cccc(Oc2ccc(Cl)cc2)c1. The largest absolute Gasteiger partial charge is 0.457 e. The maximum atomic E-state index is 12.7. The molecule has 0 aliphatic heterocycles. The Morgan fingerprint density at radius 1 is 1.00 bits per heavy atom. The van der Waals surface area contributed by atoms with Gasteiger partial charge in [0.15, 0.2) is 0 Å². The molecule has 0 unspecified atom stereocenters. The van der Waals surface area contributed by atoms with Crippen molar-refractivity contribution >= 4 is 28.7 Å². The van der Waals surface area contributed by atoms with Crippen LogP contribution in [0.3, 0.4) is 0 Å². The summed E-state index contributed by atoms with van der Waals surface area (Å²) in [5.41, 5.74) is 1.26. The second-order valence-corrected chi connectivity index (χ2v) is 6.60. The van der Waals surface area contributed by atoms with Gasteiger partial charge in [0.05, 0.1) is 17.1 Å². The molecule has 0 radical (unpaired) electrons. The summed E-state index contributed by atoms with van der Waals surface area (Å²) >= 11 is 5.90. The van der Waals surface area contributed by atoms with Crippen molar-refractivity contribution in [1.82, 2.24) is 9.66 Å². The number of hydrogen-bond acceptors (Lipinski definition) is 4. The number of ether oxygens (including phenoxy) is 1. The molecule has 0 spiro atoms. The Labute approximate surface area is 166 Å². The fourth-order valence-corrected chi connectivity index (χ4v) is 2.92. The van der Waals surface area contributed by atoms with Crippen LogP contribution in [0, 0.1) is 6.92 Å². The summed E-state index contributed by atoms with van der Waals surface area (Å²) in [7, 11) is 0. The minimum absolute atomic E-state index is 0.201. The number of aromatic nitrogens is 2. The number of para-hydroxylation sites is 1. The lowest BCUT2D eigenvalue weighted by Gasteiger charge is -2.07. The molecule has 0 amide bonds. The first-order chi connectivity index (χ1) is 13.6. The number of nitrogens with zero attached hydrogens (tertiary/aromatic N) is 3. The third-order valence-electron chi connectivity index (χ3n) is 4.15. The molecule has 28 heavy (non-hydrogen) atoms. The Morgan fingerprint density at radius 2 is 1.79 bits per heavy atom. The Hall–Kier alpha value is -3.44. The molecule has 5 nitrogen and oxygen atoms in total. The summed E-state index contributed by atoms with van der Waals surface area (Å²) in [5, 5.41) is 5.51. The topological polar surface area (TPSA) is 56.5 Å². The number of rotatable bonds is 4. The molecule has 4 rings (SSSR count). The molecule has 0 atom stereocenters. The van der Waals surface area contributed by atoms with Gasteiger partial charge in [-0.25, -0.2) is 4.98 Å². The second kappa shape index (κ2) is 7.66. The zero-order valence-electron chi connectivity index (χ0n) is 15.0. The van der Waals surface area contributed by atoms with E-state index in [0.717, 1.165) is 5.56 Å². The third-order valence-corrected chi connectivity index (χ3v) is 4.40. The smallest absolute Gasteiger partial charge is 0.282 e. The van der Waals surface area contributed by atoms with Crippen molar-refractivity contribution in [2.75, 3.05) is 0 Å². The molecule has 138 valence electrons. The van der Waals surface area contributed by atoms with Gasteiger partial charge in [-0.15, -0.1) is 0 Å². The second-order valence-electron chi connectivity index (χ2n) is 6.17.